The van der Waals surface area contributed by atoms with Crippen LogP contribution in [-0.2, 0) is 0 Å². The lowest BCUT2D eigenvalue weighted by Crippen LogP contribution is -2.29. The van der Waals surface area contributed by atoms with Crippen molar-refractivity contribution >= 4 is 11.3 Å². The highest BCUT2D eigenvalue weighted by Gasteiger charge is 2.11. The van der Waals surface area contributed by atoms with Crippen molar-refractivity contribution in [2.45, 2.75) is 71.9 Å². The molecule has 3 heteroatoms. The molecular weight excluding hydrogens is 228 g/mol. The van der Waals surface area contributed by atoms with Crippen molar-refractivity contribution in [3.8, 4) is 0 Å². The van der Waals surface area contributed by atoms with E-state index in [2.05, 4.69) is 43.4 Å². The van der Waals surface area contributed by atoms with Gasteiger partial charge in [-0.25, -0.2) is 4.98 Å². The lowest BCUT2D eigenvalue weighted by molar-refractivity contribution is 0.433. The van der Waals surface area contributed by atoms with Gasteiger partial charge in [-0.05, 0) is 27.2 Å². The number of hydrogen-bond donors (Lipinski definition) is 1. The highest BCUT2D eigenvalue weighted by Crippen LogP contribution is 2.17. The molecule has 0 radical (unpaired) electrons. The fourth-order valence-electron chi connectivity index (χ4n) is 2.05. The predicted octanol–water partition coefficient (Wildman–Crippen LogP) is 4.46. The number of nitrogens with zero attached hydrogens (tertiary/aromatic N) is 1. The predicted molar refractivity (Wildman–Crippen MR) is 76.6 cm³/mol. The minimum Gasteiger partial charge on any atom is -0.306 e. The Bertz CT molecular complexity index is 309. The Labute approximate surface area is 110 Å². The Hall–Kier alpha value is -0.410. The number of aromatic nitrogens is 1. The molecule has 2 unspecified atom stereocenters. The van der Waals surface area contributed by atoms with Crippen molar-refractivity contribution in [1.29, 1.82) is 0 Å². The second kappa shape index (κ2) is 7.83. The maximum atomic E-state index is 4.53. The number of unbranched alkanes of at least 4 members (excludes halogenated alkanes) is 3. The van der Waals surface area contributed by atoms with E-state index < -0.39 is 0 Å². The average Bonchev–Trinajstić information content (AvgIpc) is 2.71. The molecule has 1 N–H and O–H groups in total. The summed E-state index contributed by atoms with van der Waals surface area (Å²) in [6, 6.07) is 0.963. The highest BCUT2D eigenvalue weighted by molar-refractivity contribution is 7.09. The average molecular weight is 254 g/mol. The first kappa shape index (κ1) is 14.7. The van der Waals surface area contributed by atoms with Crippen LogP contribution in [0.5, 0.6) is 0 Å². The summed E-state index contributed by atoms with van der Waals surface area (Å²) >= 11 is 1.73. The second-order valence-corrected chi connectivity index (χ2v) is 5.99. The molecule has 0 aliphatic heterocycles. The van der Waals surface area contributed by atoms with Crippen molar-refractivity contribution in [1.82, 2.24) is 10.3 Å². The summed E-state index contributed by atoms with van der Waals surface area (Å²) in [5, 5.41) is 6.95. The minimum atomic E-state index is 0.376. The summed E-state index contributed by atoms with van der Waals surface area (Å²) in [4.78, 5) is 4.53. The first-order valence-electron chi connectivity index (χ1n) is 6.81. The third-order valence-electron chi connectivity index (χ3n) is 3.11. The van der Waals surface area contributed by atoms with E-state index in [1.807, 2.05) is 0 Å². The molecule has 0 saturated heterocycles. The Morgan fingerprint density at radius 1 is 1.29 bits per heavy atom. The fraction of sp³-hybridized carbons (Fsp3) is 0.786. The molecule has 1 rings (SSSR count). The van der Waals surface area contributed by atoms with E-state index in [1.165, 1.54) is 37.8 Å². The lowest BCUT2D eigenvalue weighted by Gasteiger charge is -2.18. The SMILES string of the molecule is CCCCCCC(C)NC(C)c1csc(C)n1. The summed E-state index contributed by atoms with van der Waals surface area (Å²) in [5.41, 5.74) is 1.19. The number of hydrogen-bond acceptors (Lipinski definition) is 3. The molecule has 1 aromatic heterocycles. The maximum absolute atomic E-state index is 4.53. The Balaban J connectivity index is 2.23. The van der Waals surface area contributed by atoms with Gasteiger partial charge >= 0.3 is 0 Å². The van der Waals surface area contributed by atoms with E-state index in [-0.39, 0.29) is 0 Å². The number of rotatable bonds is 8. The van der Waals surface area contributed by atoms with E-state index in [1.54, 1.807) is 11.3 Å². The van der Waals surface area contributed by atoms with Crippen LogP contribution in [0.25, 0.3) is 0 Å². The quantitative estimate of drug-likeness (QED) is 0.693. The van der Waals surface area contributed by atoms with Crippen molar-refractivity contribution < 1.29 is 0 Å². The standard InChI is InChI=1S/C14H26N2S/c1-5-6-7-8-9-11(2)15-12(3)14-10-17-13(4)16-14/h10-12,15H,5-9H2,1-4H3. The van der Waals surface area contributed by atoms with Gasteiger partial charge in [-0.2, -0.15) is 0 Å². The molecule has 0 aromatic carbocycles. The highest BCUT2D eigenvalue weighted by atomic mass is 32.1. The summed E-state index contributed by atoms with van der Waals surface area (Å²) in [6.07, 6.45) is 6.66. The summed E-state index contributed by atoms with van der Waals surface area (Å²) < 4.78 is 0. The lowest BCUT2D eigenvalue weighted by atomic mass is 10.1. The molecule has 2 atom stereocenters. The zero-order valence-electron chi connectivity index (χ0n) is 11.6. The van der Waals surface area contributed by atoms with E-state index in [4.69, 9.17) is 0 Å². The third-order valence-corrected chi connectivity index (χ3v) is 3.90. The smallest absolute Gasteiger partial charge is 0.0898 e. The molecule has 0 aliphatic rings. The van der Waals surface area contributed by atoms with Gasteiger partial charge in [0.25, 0.3) is 0 Å². The molecule has 17 heavy (non-hydrogen) atoms. The Kier molecular flexibility index (Phi) is 6.75. The second-order valence-electron chi connectivity index (χ2n) is 4.93. The van der Waals surface area contributed by atoms with Crippen LogP contribution in [0.1, 0.15) is 69.6 Å². The Morgan fingerprint density at radius 3 is 2.65 bits per heavy atom. The van der Waals surface area contributed by atoms with Gasteiger partial charge in [0.05, 0.1) is 10.7 Å². The number of thiazole rings is 1. The van der Waals surface area contributed by atoms with Crippen molar-refractivity contribution in [2.75, 3.05) is 0 Å². The molecule has 0 amide bonds. The fourth-order valence-corrected chi connectivity index (χ4v) is 2.76. The van der Waals surface area contributed by atoms with Gasteiger partial charge in [-0.15, -0.1) is 11.3 Å². The molecule has 1 aromatic rings. The molecule has 2 nitrogen and oxygen atoms in total. The van der Waals surface area contributed by atoms with Crippen LogP contribution in [0.2, 0.25) is 0 Å². The zero-order chi connectivity index (χ0) is 12.7. The number of nitrogens with one attached hydrogen (secondary N) is 1. The molecule has 0 bridgehead atoms. The topological polar surface area (TPSA) is 24.9 Å². The van der Waals surface area contributed by atoms with Crippen LogP contribution >= 0.6 is 11.3 Å². The van der Waals surface area contributed by atoms with Gasteiger partial charge < -0.3 is 5.32 Å². The maximum Gasteiger partial charge on any atom is 0.0898 e. The Morgan fingerprint density at radius 2 is 2.06 bits per heavy atom. The van der Waals surface area contributed by atoms with Gasteiger partial charge in [0.1, 0.15) is 0 Å². The van der Waals surface area contributed by atoms with Gasteiger partial charge in [0.15, 0.2) is 0 Å². The van der Waals surface area contributed by atoms with Gasteiger partial charge in [-0.1, -0.05) is 32.6 Å². The summed E-state index contributed by atoms with van der Waals surface area (Å²) in [6.45, 7) is 8.81. The van der Waals surface area contributed by atoms with Crippen LogP contribution in [0, 0.1) is 6.92 Å². The van der Waals surface area contributed by atoms with Crippen molar-refractivity contribution in [2.24, 2.45) is 0 Å². The van der Waals surface area contributed by atoms with Gasteiger partial charge in [-0.3, -0.25) is 0 Å². The van der Waals surface area contributed by atoms with Crippen molar-refractivity contribution in [3.63, 3.8) is 0 Å². The van der Waals surface area contributed by atoms with E-state index in [9.17, 15) is 0 Å². The van der Waals surface area contributed by atoms with Crippen molar-refractivity contribution in [3.05, 3.63) is 16.1 Å². The van der Waals surface area contributed by atoms with E-state index in [0.717, 1.165) is 5.01 Å². The largest absolute Gasteiger partial charge is 0.306 e. The number of aryl methyl sites for hydroxylation is 1. The zero-order valence-corrected chi connectivity index (χ0v) is 12.4. The van der Waals surface area contributed by atoms with E-state index in [0.29, 0.717) is 12.1 Å². The molecule has 0 fully saturated rings. The summed E-state index contributed by atoms with van der Waals surface area (Å²) in [7, 11) is 0. The minimum absolute atomic E-state index is 0.376. The van der Waals surface area contributed by atoms with E-state index >= 15 is 0 Å². The van der Waals surface area contributed by atoms with Gasteiger partial charge in [0.2, 0.25) is 0 Å². The van der Waals surface area contributed by atoms with Crippen LogP contribution in [0.15, 0.2) is 5.38 Å². The summed E-state index contributed by atoms with van der Waals surface area (Å²) in [5.74, 6) is 0. The molecule has 1 heterocycles. The van der Waals surface area contributed by atoms with Crippen LogP contribution in [-0.4, -0.2) is 11.0 Å². The van der Waals surface area contributed by atoms with Crippen LogP contribution in [0.3, 0.4) is 0 Å². The first-order chi connectivity index (χ1) is 8.13. The third kappa shape index (κ3) is 5.64. The molecule has 0 saturated carbocycles. The van der Waals surface area contributed by atoms with Crippen LogP contribution in [0.4, 0.5) is 0 Å². The first-order valence-corrected chi connectivity index (χ1v) is 7.69. The molecular formula is C14H26N2S. The molecule has 0 spiro atoms. The monoisotopic (exact) mass is 254 g/mol. The van der Waals surface area contributed by atoms with Crippen LogP contribution < -0.4 is 5.32 Å². The normalized spacial score (nSPS) is 14.8. The van der Waals surface area contributed by atoms with Gasteiger partial charge in [0, 0.05) is 17.5 Å². The molecule has 98 valence electrons. The molecule has 0 aliphatic carbocycles.